The Morgan fingerprint density at radius 1 is 1.32 bits per heavy atom. The second-order valence-electron chi connectivity index (χ2n) is 4.88. The summed E-state index contributed by atoms with van der Waals surface area (Å²) >= 11 is 0. The van der Waals surface area contributed by atoms with Gasteiger partial charge in [0.05, 0.1) is 6.61 Å². The molecule has 6 nitrogen and oxygen atoms in total. The molecule has 6 heteroatoms. The zero-order valence-electron chi connectivity index (χ0n) is 13.0. The highest BCUT2D eigenvalue weighted by molar-refractivity contribution is 5.96. The van der Waals surface area contributed by atoms with E-state index in [4.69, 9.17) is 14.6 Å². The summed E-state index contributed by atoms with van der Waals surface area (Å²) in [7, 11) is 1.58. The number of carboxylic acids is 1. The summed E-state index contributed by atoms with van der Waals surface area (Å²) in [6, 6.07) is 5.77. The number of methoxy groups -OCH3 is 1. The first kappa shape index (κ1) is 18.0. The van der Waals surface area contributed by atoms with Crippen LogP contribution in [0, 0.1) is 0 Å². The minimum absolute atomic E-state index is 0.373. The largest absolute Gasteiger partial charge is 0.491 e. The van der Waals surface area contributed by atoms with E-state index in [1.54, 1.807) is 31.4 Å². The number of benzene rings is 1. The number of nitrogens with one attached hydrogen (secondary N) is 1. The normalized spacial score (nSPS) is 11.7. The molecule has 0 unspecified atom stereocenters. The van der Waals surface area contributed by atoms with E-state index in [1.165, 1.54) is 0 Å². The molecule has 1 aromatic rings. The number of hydrogen-bond acceptors (Lipinski definition) is 4. The standard InChI is InChI=1S/C16H23NO5/c1-3-4-8-14(16(19)20)17-15(18)12-6-5-7-13(11-12)22-10-9-21-2/h5-7,11,14H,3-4,8-10H2,1-2H3,(H,17,18)(H,19,20)/t14-/m0/s1. The summed E-state index contributed by atoms with van der Waals surface area (Å²) in [5.74, 6) is -0.889. The van der Waals surface area contributed by atoms with E-state index in [1.807, 2.05) is 6.92 Å². The minimum atomic E-state index is -1.02. The van der Waals surface area contributed by atoms with Crippen LogP contribution in [0.15, 0.2) is 24.3 Å². The van der Waals surface area contributed by atoms with E-state index in [9.17, 15) is 9.59 Å². The molecule has 0 aliphatic rings. The third-order valence-corrected chi connectivity index (χ3v) is 3.10. The number of hydrogen-bond donors (Lipinski definition) is 2. The van der Waals surface area contributed by atoms with E-state index in [2.05, 4.69) is 5.32 Å². The molecular formula is C16H23NO5. The van der Waals surface area contributed by atoms with Gasteiger partial charge in [0.15, 0.2) is 0 Å². The monoisotopic (exact) mass is 309 g/mol. The SMILES string of the molecule is CCCC[C@H](NC(=O)c1cccc(OCCOC)c1)C(=O)O. The quantitative estimate of drug-likeness (QED) is 0.646. The first-order valence-corrected chi connectivity index (χ1v) is 7.34. The van der Waals surface area contributed by atoms with Crippen molar-refractivity contribution in [3.63, 3.8) is 0 Å². The molecule has 0 aliphatic carbocycles. The van der Waals surface area contributed by atoms with Crippen LogP contribution in [0.3, 0.4) is 0 Å². The van der Waals surface area contributed by atoms with Crippen molar-refractivity contribution in [2.24, 2.45) is 0 Å². The lowest BCUT2D eigenvalue weighted by atomic mass is 10.1. The van der Waals surface area contributed by atoms with Crippen molar-refractivity contribution < 1.29 is 24.2 Å². The first-order chi connectivity index (χ1) is 10.6. The van der Waals surface area contributed by atoms with Crippen molar-refractivity contribution in [2.45, 2.75) is 32.2 Å². The molecule has 0 bridgehead atoms. The van der Waals surface area contributed by atoms with Gasteiger partial charge in [-0.15, -0.1) is 0 Å². The zero-order valence-corrected chi connectivity index (χ0v) is 13.0. The lowest BCUT2D eigenvalue weighted by Crippen LogP contribution is -2.40. The van der Waals surface area contributed by atoms with Crippen LogP contribution in [0.4, 0.5) is 0 Å². The molecule has 2 N–H and O–H groups in total. The Morgan fingerprint density at radius 2 is 2.09 bits per heavy atom. The molecule has 0 saturated carbocycles. The van der Waals surface area contributed by atoms with Crippen LogP contribution >= 0.6 is 0 Å². The number of rotatable bonds is 10. The zero-order chi connectivity index (χ0) is 16.4. The van der Waals surface area contributed by atoms with E-state index in [0.29, 0.717) is 30.9 Å². The maximum Gasteiger partial charge on any atom is 0.326 e. The van der Waals surface area contributed by atoms with E-state index < -0.39 is 17.9 Å². The van der Waals surface area contributed by atoms with Gasteiger partial charge in [0, 0.05) is 12.7 Å². The maximum absolute atomic E-state index is 12.2. The molecule has 0 fully saturated rings. The summed E-state index contributed by atoms with van der Waals surface area (Å²) in [4.78, 5) is 23.3. The molecule has 1 rings (SSSR count). The predicted octanol–water partition coefficient (Wildman–Crippen LogP) is 2.08. The number of aliphatic carboxylic acids is 1. The van der Waals surface area contributed by atoms with Crippen LogP contribution in [0.5, 0.6) is 5.75 Å². The Kier molecular flexibility index (Phi) is 7.99. The predicted molar refractivity (Wildman–Crippen MR) is 82.2 cm³/mol. The Hall–Kier alpha value is -2.08. The fraction of sp³-hybridized carbons (Fsp3) is 0.500. The molecule has 1 aromatic carbocycles. The van der Waals surface area contributed by atoms with Gasteiger partial charge in [-0.05, 0) is 24.6 Å². The number of amides is 1. The summed E-state index contributed by atoms with van der Waals surface area (Å²) in [6.45, 7) is 2.81. The molecule has 0 aromatic heterocycles. The molecular weight excluding hydrogens is 286 g/mol. The molecule has 0 aliphatic heterocycles. The third kappa shape index (κ3) is 6.13. The fourth-order valence-electron chi connectivity index (χ4n) is 1.88. The number of unbranched alkanes of at least 4 members (excludes halogenated alkanes) is 1. The summed E-state index contributed by atoms with van der Waals surface area (Å²) in [5.41, 5.74) is 0.373. The van der Waals surface area contributed by atoms with E-state index in [0.717, 1.165) is 12.8 Å². The van der Waals surface area contributed by atoms with Crippen molar-refractivity contribution in [3.8, 4) is 5.75 Å². The van der Waals surface area contributed by atoms with Crippen molar-refractivity contribution in [1.29, 1.82) is 0 Å². The second kappa shape index (κ2) is 9.78. The number of carbonyl (C=O) groups is 2. The van der Waals surface area contributed by atoms with Crippen LogP contribution in [0.25, 0.3) is 0 Å². The van der Waals surface area contributed by atoms with Gasteiger partial charge >= 0.3 is 5.97 Å². The Morgan fingerprint density at radius 3 is 2.73 bits per heavy atom. The van der Waals surface area contributed by atoms with Gasteiger partial charge in [-0.1, -0.05) is 25.8 Å². The van der Waals surface area contributed by atoms with Gasteiger partial charge < -0.3 is 19.9 Å². The molecule has 1 amide bonds. The molecule has 0 radical (unpaired) electrons. The molecule has 22 heavy (non-hydrogen) atoms. The van der Waals surface area contributed by atoms with Crippen LogP contribution in [0.2, 0.25) is 0 Å². The van der Waals surface area contributed by atoms with Crippen LogP contribution in [-0.4, -0.2) is 43.3 Å². The number of carboxylic acid groups (broad SMARTS) is 1. The Balaban J connectivity index is 2.67. The second-order valence-corrected chi connectivity index (χ2v) is 4.88. The average molecular weight is 309 g/mol. The van der Waals surface area contributed by atoms with Gasteiger partial charge in [-0.3, -0.25) is 4.79 Å². The summed E-state index contributed by atoms with van der Waals surface area (Å²) in [5, 5.41) is 11.7. The van der Waals surface area contributed by atoms with E-state index >= 15 is 0 Å². The minimum Gasteiger partial charge on any atom is -0.491 e. The van der Waals surface area contributed by atoms with Gasteiger partial charge in [0.1, 0.15) is 18.4 Å². The van der Waals surface area contributed by atoms with Crippen molar-refractivity contribution >= 4 is 11.9 Å². The number of ether oxygens (including phenoxy) is 2. The van der Waals surface area contributed by atoms with Crippen LogP contribution in [-0.2, 0) is 9.53 Å². The topological polar surface area (TPSA) is 84.9 Å². The molecule has 1 atom stereocenters. The average Bonchev–Trinajstić information content (AvgIpc) is 2.51. The third-order valence-electron chi connectivity index (χ3n) is 3.10. The molecule has 0 saturated heterocycles. The van der Waals surface area contributed by atoms with Gasteiger partial charge in [0.2, 0.25) is 0 Å². The smallest absolute Gasteiger partial charge is 0.326 e. The van der Waals surface area contributed by atoms with E-state index in [-0.39, 0.29) is 0 Å². The molecule has 0 heterocycles. The van der Waals surface area contributed by atoms with Crippen molar-refractivity contribution in [2.75, 3.05) is 20.3 Å². The van der Waals surface area contributed by atoms with Crippen LogP contribution in [0.1, 0.15) is 36.5 Å². The highest BCUT2D eigenvalue weighted by Gasteiger charge is 2.20. The highest BCUT2D eigenvalue weighted by Crippen LogP contribution is 2.14. The first-order valence-electron chi connectivity index (χ1n) is 7.34. The summed E-state index contributed by atoms with van der Waals surface area (Å²) < 4.78 is 10.3. The highest BCUT2D eigenvalue weighted by atomic mass is 16.5. The van der Waals surface area contributed by atoms with Gasteiger partial charge in [-0.2, -0.15) is 0 Å². The van der Waals surface area contributed by atoms with Gasteiger partial charge in [0.25, 0.3) is 5.91 Å². The summed E-state index contributed by atoms with van der Waals surface area (Å²) in [6.07, 6.45) is 2.04. The Bertz CT molecular complexity index is 489. The lowest BCUT2D eigenvalue weighted by Gasteiger charge is -2.14. The van der Waals surface area contributed by atoms with Crippen molar-refractivity contribution in [1.82, 2.24) is 5.32 Å². The fourth-order valence-corrected chi connectivity index (χ4v) is 1.88. The Labute approximate surface area is 130 Å². The van der Waals surface area contributed by atoms with Crippen molar-refractivity contribution in [3.05, 3.63) is 29.8 Å². The molecule has 0 spiro atoms. The maximum atomic E-state index is 12.2. The molecule has 122 valence electrons. The van der Waals surface area contributed by atoms with Crippen LogP contribution < -0.4 is 10.1 Å². The lowest BCUT2D eigenvalue weighted by molar-refractivity contribution is -0.139. The van der Waals surface area contributed by atoms with Gasteiger partial charge in [-0.25, -0.2) is 4.79 Å². The number of carbonyl (C=O) groups excluding carboxylic acids is 1.